The highest BCUT2D eigenvalue weighted by Gasteiger charge is 2.17. The molecule has 2 aromatic carbocycles. The number of nitrogens with zero attached hydrogens (tertiary/aromatic N) is 3. The maximum Gasteiger partial charge on any atom is 0.322 e. The second-order valence-corrected chi connectivity index (χ2v) is 6.17. The Morgan fingerprint density at radius 1 is 1.00 bits per heavy atom. The molecule has 0 aliphatic carbocycles. The van der Waals surface area contributed by atoms with E-state index in [0.29, 0.717) is 35.8 Å². The Hall–Kier alpha value is -3.55. The minimum absolute atomic E-state index is 0.0292. The topological polar surface area (TPSA) is 89.7 Å². The normalized spacial score (nSPS) is 12.5. The number of hydrogen-bond donors (Lipinski definition) is 1. The van der Waals surface area contributed by atoms with Crippen molar-refractivity contribution in [3.05, 3.63) is 48.0 Å². The van der Waals surface area contributed by atoms with Gasteiger partial charge in [0.2, 0.25) is 5.89 Å². The lowest BCUT2D eigenvalue weighted by Crippen LogP contribution is -2.15. The first-order valence-electron chi connectivity index (χ1n) is 8.42. The number of anilines is 2. The van der Waals surface area contributed by atoms with Gasteiger partial charge in [-0.1, -0.05) is 5.10 Å². The number of hydrogen-bond acceptors (Lipinski definition) is 7. The molecular formula is C19H18N4O4. The molecule has 0 radical (unpaired) electrons. The van der Waals surface area contributed by atoms with Crippen molar-refractivity contribution in [2.75, 3.05) is 37.5 Å². The van der Waals surface area contributed by atoms with Crippen LogP contribution in [0.4, 0.5) is 11.7 Å². The van der Waals surface area contributed by atoms with Crippen molar-refractivity contribution in [2.45, 2.75) is 0 Å². The van der Waals surface area contributed by atoms with Crippen LogP contribution in [-0.4, -0.2) is 43.4 Å². The van der Waals surface area contributed by atoms with E-state index in [9.17, 15) is 4.79 Å². The van der Waals surface area contributed by atoms with Gasteiger partial charge < -0.3 is 18.8 Å². The SMILES string of the molecule is CN(C)c1ccc(C(=O)Nc2nnc(-c3ccc4c(c3)OCCO4)o2)cc1. The van der Waals surface area contributed by atoms with E-state index >= 15 is 0 Å². The fraction of sp³-hybridized carbons (Fsp3) is 0.211. The molecule has 0 saturated carbocycles. The first-order chi connectivity index (χ1) is 13.1. The van der Waals surface area contributed by atoms with Gasteiger partial charge in [-0.05, 0) is 42.5 Å². The summed E-state index contributed by atoms with van der Waals surface area (Å²) in [4.78, 5) is 14.3. The van der Waals surface area contributed by atoms with Crippen LogP contribution in [0.15, 0.2) is 46.9 Å². The zero-order valence-electron chi connectivity index (χ0n) is 14.9. The molecule has 0 spiro atoms. The molecule has 27 heavy (non-hydrogen) atoms. The average molecular weight is 366 g/mol. The standard InChI is InChI=1S/C19H18N4O4/c1-23(2)14-6-3-12(4-7-14)17(24)20-19-22-21-18(27-19)13-5-8-15-16(11-13)26-10-9-25-15/h3-8,11H,9-10H2,1-2H3,(H,20,22,24). The lowest BCUT2D eigenvalue weighted by molar-refractivity contribution is 0.102. The molecule has 8 nitrogen and oxygen atoms in total. The molecule has 0 bridgehead atoms. The van der Waals surface area contributed by atoms with Crippen LogP contribution in [0.1, 0.15) is 10.4 Å². The molecule has 2 heterocycles. The molecule has 4 rings (SSSR count). The van der Waals surface area contributed by atoms with Gasteiger partial charge in [-0.25, -0.2) is 0 Å². The molecule has 0 atom stereocenters. The average Bonchev–Trinajstić information content (AvgIpc) is 3.16. The van der Waals surface area contributed by atoms with Crippen LogP contribution in [0, 0.1) is 0 Å². The number of rotatable bonds is 4. The van der Waals surface area contributed by atoms with Crippen LogP contribution >= 0.6 is 0 Å². The third-order valence-electron chi connectivity index (χ3n) is 4.08. The lowest BCUT2D eigenvalue weighted by Gasteiger charge is -2.18. The quantitative estimate of drug-likeness (QED) is 0.759. The van der Waals surface area contributed by atoms with Gasteiger partial charge in [0.15, 0.2) is 11.5 Å². The van der Waals surface area contributed by atoms with Gasteiger partial charge in [0.1, 0.15) is 13.2 Å². The van der Waals surface area contributed by atoms with E-state index < -0.39 is 0 Å². The van der Waals surface area contributed by atoms with E-state index in [4.69, 9.17) is 13.9 Å². The molecule has 1 amide bonds. The molecule has 138 valence electrons. The van der Waals surface area contributed by atoms with Crippen molar-refractivity contribution in [3.8, 4) is 23.0 Å². The van der Waals surface area contributed by atoms with E-state index in [1.165, 1.54) is 0 Å². The van der Waals surface area contributed by atoms with Crippen molar-refractivity contribution >= 4 is 17.6 Å². The fourth-order valence-electron chi connectivity index (χ4n) is 2.65. The van der Waals surface area contributed by atoms with Crippen LogP contribution in [0.25, 0.3) is 11.5 Å². The Bertz CT molecular complexity index is 966. The zero-order chi connectivity index (χ0) is 18.8. The summed E-state index contributed by atoms with van der Waals surface area (Å²) in [7, 11) is 3.87. The summed E-state index contributed by atoms with van der Waals surface area (Å²) in [5, 5.41) is 10.5. The van der Waals surface area contributed by atoms with E-state index in [2.05, 4.69) is 15.5 Å². The number of carbonyl (C=O) groups excluding carboxylic acids is 1. The van der Waals surface area contributed by atoms with Gasteiger partial charge in [-0.2, -0.15) is 0 Å². The summed E-state index contributed by atoms with van der Waals surface area (Å²) in [5.74, 6) is 1.27. The molecule has 3 aromatic rings. The summed E-state index contributed by atoms with van der Waals surface area (Å²) < 4.78 is 16.6. The van der Waals surface area contributed by atoms with E-state index in [-0.39, 0.29) is 17.8 Å². The second kappa shape index (κ2) is 6.99. The first-order valence-corrected chi connectivity index (χ1v) is 8.42. The smallest absolute Gasteiger partial charge is 0.322 e. The highest BCUT2D eigenvalue weighted by Crippen LogP contribution is 2.34. The monoisotopic (exact) mass is 366 g/mol. The highest BCUT2D eigenvalue weighted by molar-refractivity contribution is 6.03. The van der Waals surface area contributed by atoms with Crippen LogP contribution in [0.5, 0.6) is 11.5 Å². The van der Waals surface area contributed by atoms with Crippen molar-refractivity contribution in [3.63, 3.8) is 0 Å². The van der Waals surface area contributed by atoms with Crippen molar-refractivity contribution in [2.24, 2.45) is 0 Å². The van der Waals surface area contributed by atoms with Gasteiger partial charge in [-0.15, -0.1) is 5.10 Å². The predicted molar refractivity (Wildman–Crippen MR) is 99.4 cm³/mol. The summed E-state index contributed by atoms with van der Waals surface area (Å²) in [6.45, 7) is 1.02. The number of benzene rings is 2. The van der Waals surface area contributed by atoms with Crippen molar-refractivity contribution < 1.29 is 18.7 Å². The maximum absolute atomic E-state index is 12.3. The Labute approximate surface area is 155 Å². The summed E-state index contributed by atoms with van der Waals surface area (Å²) >= 11 is 0. The van der Waals surface area contributed by atoms with E-state index in [1.54, 1.807) is 30.3 Å². The number of nitrogens with one attached hydrogen (secondary N) is 1. The Morgan fingerprint density at radius 3 is 2.48 bits per heavy atom. The molecular weight excluding hydrogens is 348 g/mol. The molecule has 0 saturated heterocycles. The fourth-order valence-corrected chi connectivity index (χ4v) is 2.65. The zero-order valence-corrected chi connectivity index (χ0v) is 14.9. The number of amides is 1. The molecule has 1 aromatic heterocycles. The van der Waals surface area contributed by atoms with Gasteiger partial charge in [0.05, 0.1) is 0 Å². The number of aromatic nitrogens is 2. The molecule has 0 unspecified atom stereocenters. The highest BCUT2D eigenvalue weighted by atomic mass is 16.6. The van der Waals surface area contributed by atoms with Crippen LogP contribution in [-0.2, 0) is 0 Å². The molecule has 1 N–H and O–H groups in total. The van der Waals surface area contributed by atoms with Gasteiger partial charge >= 0.3 is 6.01 Å². The first kappa shape index (κ1) is 16.9. The summed E-state index contributed by atoms with van der Waals surface area (Å²) in [6.07, 6.45) is 0. The third kappa shape index (κ3) is 3.55. The molecule has 1 aliphatic rings. The van der Waals surface area contributed by atoms with Crippen molar-refractivity contribution in [1.29, 1.82) is 0 Å². The number of fused-ring (bicyclic) bond motifs is 1. The van der Waals surface area contributed by atoms with Gasteiger partial charge in [0, 0.05) is 30.9 Å². The summed E-state index contributed by atoms with van der Waals surface area (Å²) in [6, 6.07) is 12.6. The Kier molecular flexibility index (Phi) is 4.37. The van der Waals surface area contributed by atoms with Crippen molar-refractivity contribution in [1.82, 2.24) is 10.2 Å². The van der Waals surface area contributed by atoms with Crippen LogP contribution in [0.2, 0.25) is 0 Å². The molecule has 0 fully saturated rings. The van der Waals surface area contributed by atoms with E-state index in [1.807, 2.05) is 31.1 Å². The second-order valence-electron chi connectivity index (χ2n) is 6.17. The number of carbonyl (C=O) groups is 1. The van der Waals surface area contributed by atoms with Gasteiger partial charge in [-0.3, -0.25) is 10.1 Å². The summed E-state index contributed by atoms with van der Waals surface area (Å²) in [5.41, 5.74) is 2.19. The maximum atomic E-state index is 12.3. The third-order valence-corrected chi connectivity index (χ3v) is 4.08. The Balaban J connectivity index is 1.48. The van der Waals surface area contributed by atoms with Crippen LogP contribution < -0.4 is 19.7 Å². The van der Waals surface area contributed by atoms with Gasteiger partial charge in [0.25, 0.3) is 5.91 Å². The Morgan fingerprint density at radius 2 is 1.74 bits per heavy atom. The predicted octanol–water partition coefficient (Wildman–Crippen LogP) is 2.83. The lowest BCUT2D eigenvalue weighted by atomic mass is 10.2. The molecule has 1 aliphatic heterocycles. The van der Waals surface area contributed by atoms with E-state index in [0.717, 1.165) is 5.69 Å². The largest absolute Gasteiger partial charge is 0.486 e. The molecule has 8 heteroatoms. The van der Waals surface area contributed by atoms with Crippen LogP contribution in [0.3, 0.4) is 0 Å². The minimum Gasteiger partial charge on any atom is -0.486 e. The minimum atomic E-state index is -0.322. The number of ether oxygens (including phenoxy) is 2.